The van der Waals surface area contributed by atoms with Crippen LogP contribution in [0.3, 0.4) is 0 Å². The van der Waals surface area contributed by atoms with E-state index in [2.05, 4.69) is 57.7 Å². The van der Waals surface area contributed by atoms with Gasteiger partial charge in [0.05, 0.1) is 6.61 Å². The average molecular weight is 406 g/mol. The van der Waals surface area contributed by atoms with Crippen molar-refractivity contribution in [3.63, 3.8) is 0 Å². The van der Waals surface area contributed by atoms with Crippen LogP contribution in [-0.2, 0) is 17.7 Å². The Kier molecular flexibility index (Phi) is 7.03. The Balaban J connectivity index is 1.09. The average Bonchev–Trinajstić information content (AvgIpc) is 3.19. The Hall–Kier alpha value is -2.79. The number of hydrogen-bond donors (Lipinski definition) is 2. The summed E-state index contributed by atoms with van der Waals surface area (Å²) >= 11 is 0. The maximum Gasteiger partial charge on any atom is 0.407 e. The van der Waals surface area contributed by atoms with Crippen molar-refractivity contribution < 1.29 is 9.53 Å². The van der Waals surface area contributed by atoms with Crippen LogP contribution in [0.5, 0.6) is 0 Å². The van der Waals surface area contributed by atoms with Gasteiger partial charge in [-0.2, -0.15) is 0 Å². The van der Waals surface area contributed by atoms with Crippen LogP contribution in [0.25, 0.3) is 10.9 Å². The second-order valence-corrected chi connectivity index (χ2v) is 8.17. The van der Waals surface area contributed by atoms with Gasteiger partial charge in [0.2, 0.25) is 0 Å². The van der Waals surface area contributed by atoms with E-state index in [-0.39, 0.29) is 6.09 Å². The zero-order valence-corrected chi connectivity index (χ0v) is 17.5. The van der Waals surface area contributed by atoms with Crippen LogP contribution in [0, 0.1) is 5.92 Å². The monoisotopic (exact) mass is 405 g/mol. The van der Waals surface area contributed by atoms with E-state index >= 15 is 0 Å². The first-order valence-corrected chi connectivity index (χ1v) is 11.0. The van der Waals surface area contributed by atoms with Crippen LogP contribution < -0.4 is 5.32 Å². The molecule has 1 aromatic heterocycles. The molecule has 5 heteroatoms. The molecule has 2 heterocycles. The largest absolute Gasteiger partial charge is 0.449 e. The number of ether oxygens (including phenoxy) is 1. The molecule has 1 fully saturated rings. The topological polar surface area (TPSA) is 57.4 Å². The maximum absolute atomic E-state index is 12.0. The van der Waals surface area contributed by atoms with Crippen molar-refractivity contribution in [1.82, 2.24) is 15.2 Å². The van der Waals surface area contributed by atoms with E-state index < -0.39 is 0 Å². The van der Waals surface area contributed by atoms with E-state index in [1.54, 1.807) is 0 Å². The molecule has 0 aliphatic carbocycles. The van der Waals surface area contributed by atoms with Crippen LogP contribution >= 0.6 is 0 Å². The Labute approximate surface area is 178 Å². The second kappa shape index (κ2) is 10.3. The molecular weight excluding hydrogens is 374 g/mol. The number of para-hydroxylation sites is 1. The zero-order valence-electron chi connectivity index (χ0n) is 17.5. The summed E-state index contributed by atoms with van der Waals surface area (Å²) in [6, 6.07) is 18.8. The molecule has 1 amide bonds. The first-order chi connectivity index (χ1) is 14.8. The molecule has 2 aromatic carbocycles. The summed E-state index contributed by atoms with van der Waals surface area (Å²) in [5, 5.41) is 4.11. The summed E-state index contributed by atoms with van der Waals surface area (Å²) in [5.41, 5.74) is 3.68. The van der Waals surface area contributed by atoms with E-state index in [0.29, 0.717) is 19.1 Å². The van der Waals surface area contributed by atoms with Gasteiger partial charge >= 0.3 is 6.09 Å². The summed E-state index contributed by atoms with van der Waals surface area (Å²) in [6.45, 7) is 4.39. The number of rotatable bonds is 8. The van der Waals surface area contributed by atoms with Crippen LogP contribution in [0.15, 0.2) is 60.8 Å². The highest BCUT2D eigenvalue weighted by molar-refractivity contribution is 5.83. The Bertz CT molecular complexity index is 930. The molecule has 1 aliphatic heterocycles. The number of nitrogens with zero attached hydrogens (tertiary/aromatic N) is 1. The number of piperidine rings is 1. The van der Waals surface area contributed by atoms with E-state index in [9.17, 15) is 4.79 Å². The van der Waals surface area contributed by atoms with Crippen molar-refractivity contribution in [2.75, 3.05) is 26.2 Å². The van der Waals surface area contributed by atoms with Crippen LogP contribution in [-0.4, -0.2) is 42.2 Å². The predicted molar refractivity (Wildman–Crippen MR) is 120 cm³/mol. The summed E-state index contributed by atoms with van der Waals surface area (Å²) < 4.78 is 5.36. The minimum atomic E-state index is -0.309. The molecule has 1 aliphatic rings. The molecule has 2 N–H and O–H groups in total. The van der Waals surface area contributed by atoms with Gasteiger partial charge in [0.1, 0.15) is 0 Å². The van der Waals surface area contributed by atoms with Gasteiger partial charge in [0, 0.05) is 36.6 Å². The number of likely N-dealkylation sites (tertiary alicyclic amines) is 1. The maximum atomic E-state index is 12.0. The molecule has 0 atom stereocenters. The molecule has 0 saturated carbocycles. The summed E-state index contributed by atoms with van der Waals surface area (Å²) in [7, 11) is 0. The van der Waals surface area contributed by atoms with Gasteiger partial charge in [-0.05, 0) is 55.5 Å². The first kappa shape index (κ1) is 20.5. The smallest absolute Gasteiger partial charge is 0.407 e. The molecule has 0 radical (unpaired) electrons. The van der Waals surface area contributed by atoms with E-state index in [0.717, 1.165) is 38.0 Å². The molecule has 1 saturated heterocycles. The lowest BCUT2D eigenvalue weighted by molar-refractivity contribution is 0.144. The van der Waals surface area contributed by atoms with Gasteiger partial charge in [-0.1, -0.05) is 48.5 Å². The number of carbonyl (C=O) groups excluding carboxylic acids is 1. The minimum absolute atomic E-state index is 0.309. The fraction of sp³-hybridized carbons (Fsp3) is 0.400. The summed E-state index contributed by atoms with van der Waals surface area (Å²) in [5.74, 6) is 0.684. The van der Waals surface area contributed by atoms with Crippen molar-refractivity contribution in [2.45, 2.75) is 32.2 Å². The fourth-order valence-electron chi connectivity index (χ4n) is 4.30. The van der Waals surface area contributed by atoms with Gasteiger partial charge in [-0.15, -0.1) is 0 Å². The molecule has 4 rings (SSSR count). The number of amides is 1. The molecule has 0 bridgehead atoms. The Morgan fingerprint density at radius 2 is 1.83 bits per heavy atom. The number of H-pyrrole nitrogens is 1. The fourth-order valence-corrected chi connectivity index (χ4v) is 4.30. The highest BCUT2D eigenvalue weighted by Gasteiger charge is 2.19. The van der Waals surface area contributed by atoms with Crippen molar-refractivity contribution in [1.29, 1.82) is 0 Å². The van der Waals surface area contributed by atoms with Gasteiger partial charge in [-0.3, -0.25) is 4.90 Å². The zero-order chi connectivity index (χ0) is 20.6. The molecule has 0 unspecified atom stereocenters. The van der Waals surface area contributed by atoms with E-state index in [4.69, 9.17) is 4.74 Å². The minimum Gasteiger partial charge on any atom is -0.449 e. The third kappa shape index (κ3) is 5.63. The molecular formula is C25H31N3O2. The van der Waals surface area contributed by atoms with Crippen LogP contribution in [0.4, 0.5) is 4.79 Å². The standard InChI is InChI=1S/C25H31N3O2/c29-25(30-17-13-22-18-27-24-9-5-4-8-23(22)24)26-14-10-20-11-15-28(16-12-20)19-21-6-2-1-3-7-21/h1-9,18,20,27H,10-17,19H2,(H,26,29). The molecule has 30 heavy (non-hydrogen) atoms. The normalized spacial score (nSPS) is 15.3. The lowest BCUT2D eigenvalue weighted by Crippen LogP contribution is -2.35. The molecule has 158 valence electrons. The third-order valence-corrected chi connectivity index (χ3v) is 6.06. The predicted octanol–water partition coefficient (Wildman–Crippen LogP) is 4.74. The number of fused-ring (bicyclic) bond motifs is 1. The van der Waals surface area contributed by atoms with Crippen molar-refractivity contribution in [3.8, 4) is 0 Å². The third-order valence-electron chi connectivity index (χ3n) is 6.06. The molecule has 0 spiro atoms. The Morgan fingerprint density at radius 1 is 1.07 bits per heavy atom. The van der Waals surface area contributed by atoms with Crippen LogP contribution in [0.1, 0.15) is 30.4 Å². The van der Waals surface area contributed by atoms with Crippen molar-refractivity contribution >= 4 is 17.0 Å². The number of alkyl carbamates (subject to hydrolysis) is 1. The van der Waals surface area contributed by atoms with Gasteiger partial charge in [0.15, 0.2) is 0 Å². The quantitative estimate of drug-likeness (QED) is 0.569. The lowest BCUT2D eigenvalue weighted by atomic mass is 9.93. The highest BCUT2D eigenvalue weighted by atomic mass is 16.5. The highest BCUT2D eigenvalue weighted by Crippen LogP contribution is 2.21. The number of benzene rings is 2. The second-order valence-electron chi connectivity index (χ2n) is 8.17. The molecule has 3 aromatic rings. The van der Waals surface area contributed by atoms with Crippen LogP contribution in [0.2, 0.25) is 0 Å². The van der Waals surface area contributed by atoms with Crippen molar-refractivity contribution in [2.24, 2.45) is 5.92 Å². The number of nitrogens with one attached hydrogen (secondary N) is 2. The SMILES string of the molecule is O=C(NCCC1CCN(Cc2ccccc2)CC1)OCCc1c[nH]c2ccccc12. The van der Waals surface area contributed by atoms with E-state index in [1.807, 2.05) is 18.3 Å². The van der Waals surface area contributed by atoms with Gasteiger partial charge in [-0.25, -0.2) is 4.79 Å². The first-order valence-electron chi connectivity index (χ1n) is 11.0. The number of aromatic amines is 1. The molecule has 5 nitrogen and oxygen atoms in total. The lowest BCUT2D eigenvalue weighted by Gasteiger charge is -2.32. The Morgan fingerprint density at radius 3 is 2.67 bits per heavy atom. The number of aromatic nitrogens is 1. The van der Waals surface area contributed by atoms with Crippen molar-refractivity contribution in [3.05, 3.63) is 71.9 Å². The number of hydrogen-bond acceptors (Lipinski definition) is 3. The summed E-state index contributed by atoms with van der Waals surface area (Å²) in [4.78, 5) is 17.8. The van der Waals surface area contributed by atoms with E-state index in [1.165, 1.54) is 29.4 Å². The van der Waals surface area contributed by atoms with Gasteiger partial charge in [0.25, 0.3) is 0 Å². The number of carbonyl (C=O) groups is 1. The van der Waals surface area contributed by atoms with Gasteiger partial charge < -0.3 is 15.0 Å². The summed E-state index contributed by atoms with van der Waals surface area (Å²) in [6.07, 6.45) is 5.83.